The van der Waals surface area contributed by atoms with Crippen LogP contribution in [0.1, 0.15) is 0 Å². The van der Waals surface area contributed by atoms with Crippen molar-refractivity contribution in [2.75, 3.05) is 0 Å². The molecule has 0 rings (SSSR count). The normalized spacial score (nSPS) is 5.00. The Bertz CT molecular complexity index is 20.0. The molecule has 20 valence electrons. The van der Waals surface area contributed by atoms with E-state index in [0.717, 1.165) is 0 Å². The van der Waals surface area contributed by atoms with E-state index in [1.54, 1.807) is 17.7 Å². The van der Waals surface area contributed by atoms with Gasteiger partial charge in [-0.05, 0) is 0 Å². The van der Waals surface area contributed by atoms with E-state index in [9.17, 15) is 0 Å². The molecule has 0 aliphatic heterocycles. The van der Waals surface area contributed by atoms with Gasteiger partial charge in [0.1, 0.15) is 0 Å². The zero-order valence-electron chi connectivity index (χ0n) is 2.69. The summed E-state index contributed by atoms with van der Waals surface area (Å²) < 4.78 is 0. The van der Waals surface area contributed by atoms with Gasteiger partial charge in [0.2, 0.25) is 0 Å². The molecule has 0 saturated heterocycles. The van der Waals surface area contributed by atoms with Gasteiger partial charge in [-0.2, -0.15) is 0 Å². The van der Waals surface area contributed by atoms with Crippen molar-refractivity contribution in [2.45, 2.75) is 0 Å². The van der Waals surface area contributed by atoms with E-state index in [-0.39, 0.29) is 0 Å². The van der Waals surface area contributed by atoms with Gasteiger partial charge in [-0.1, -0.05) is 0 Å². The van der Waals surface area contributed by atoms with Crippen LogP contribution < -0.4 is 0 Å². The fourth-order valence-electron chi connectivity index (χ4n) is 0. The van der Waals surface area contributed by atoms with Crippen LogP contribution >= 0.6 is 11.5 Å². The Labute approximate surface area is 32.1 Å². The number of hydrogen-bond acceptors (Lipinski definition) is 1. The first-order valence-electron chi connectivity index (χ1n) is 1.05. The van der Waals surface area contributed by atoms with Crippen LogP contribution in [-0.4, -0.2) is 19.8 Å². The Morgan fingerprint density at radius 1 is 2.00 bits per heavy atom. The minimum absolute atomic E-state index is 1.62. The monoisotopic (exact) mass is 70.0 g/mol. The van der Waals surface area contributed by atoms with Gasteiger partial charge in [-0.25, -0.2) is 0 Å². The third kappa shape index (κ3) is 2.35. The molecule has 0 aromatic rings. The van der Waals surface area contributed by atoms with Gasteiger partial charge >= 0.3 is 31.3 Å². The molecule has 0 fully saturated rings. The summed E-state index contributed by atoms with van der Waals surface area (Å²) in [6.45, 7) is 3.44. The first-order valence-corrected chi connectivity index (χ1v) is 2.34. The zero-order valence-corrected chi connectivity index (χ0v) is 3.51. The van der Waals surface area contributed by atoms with Crippen LogP contribution in [0.3, 0.4) is 0 Å². The van der Waals surface area contributed by atoms with Crippen molar-refractivity contribution in [2.24, 2.45) is 0 Å². The Balaban J connectivity index is 2.30. The summed E-state index contributed by atoms with van der Waals surface area (Å²) in [5.41, 5.74) is 0. The summed E-state index contributed by atoms with van der Waals surface area (Å²) in [4.78, 5) is 0. The van der Waals surface area contributed by atoms with Gasteiger partial charge in [-0.3, -0.25) is 0 Å². The predicted octanol–water partition coefficient (Wildman–Crippen LogP) is -0.681. The van der Waals surface area contributed by atoms with Crippen molar-refractivity contribution in [1.82, 2.24) is 0 Å². The second-order valence-electron chi connectivity index (χ2n) is 0.402. The first kappa shape index (κ1) is 4.35. The Morgan fingerprint density at radius 2 is 2.25 bits per heavy atom. The molecule has 0 N–H and O–H groups in total. The van der Waals surface area contributed by atoms with E-state index < -0.39 is 0 Å². The maximum absolute atomic E-state index is 3.44. The topological polar surface area (TPSA) is 0 Å². The molecule has 0 atom stereocenters. The van der Waals surface area contributed by atoms with Crippen LogP contribution in [0.25, 0.3) is 0 Å². The SMILES string of the molecule is BSB=C. The molecular weight excluding hydrogens is 65.7 g/mol. The fourth-order valence-corrected chi connectivity index (χ4v) is 0. The minimum atomic E-state index is 1.62. The van der Waals surface area contributed by atoms with Crippen LogP contribution in [0.15, 0.2) is 0 Å². The zero-order chi connectivity index (χ0) is 3.41. The Hall–Kier alpha value is 0.350. The van der Waals surface area contributed by atoms with Crippen LogP contribution in [0.2, 0.25) is 0 Å². The molecule has 3 heteroatoms. The quantitative estimate of drug-likeness (QED) is 0.368. The standard InChI is InChI=1S/CH4B2S/c1-3-4-2/h1-2H2. The van der Waals surface area contributed by atoms with Crippen molar-refractivity contribution in [3.05, 3.63) is 0 Å². The molecule has 0 nitrogen and oxygen atoms in total. The average Bonchev–Trinajstić information content (AvgIpc) is 1.37. The summed E-state index contributed by atoms with van der Waals surface area (Å²) >= 11 is 1.62. The molecule has 0 saturated carbocycles. The Morgan fingerprint density at radius 3 is 2.25 bits per heavy atom. The summed E-state index contributed by atoms with van der Waals surface area (Å²) in [5, 5.41) is 0. The number of rotatable bonds is 1. The molecule has 0 spiro atoms. The summed E-state index contributed by atoms with van der Waals surface area (Å²) in [6.07, 6.45) is 1.79. The molecule has 0 aromatic carbocycles. The first-order chi connectivity index (χ1) is 1.91. The maximum atomic E-state index is 3.44. The van der Waals surface area contributed by atoms with E-state index in [2.05, 4.69) is 6.47 Å². The third-order valence-electron chi connectivity index (χ3n) is 0.167. The third-order valence-corrected chi connectivity index (χ3v) is 0.500. The second-order valence-corrected chi connectivity index (χ2v) is 1.21. The van der Waals surface area contributed by atoms with E-state index in [1.807, 2.05) is 7.12 Å². The second kappa shape index (κ2) is 3.35. The van der Waals surface area contributed by atoms with Crippen LogP contribution in [0, 0.1) is 0 Å². The van der Waals surface area contributed by atoms with Gasteiger partial charge < -0.3 is 0 Å². The van der Waals surface area contributed by atoms with Crippen molar-refractivity contribution in [1.29, 1.82) is 0 Å². The molecule has 0 unspecified atom stereocenters. The molecule has 0 bridgehead atoms. The van der Waals surface area contributed by atoms with Crippen molar-refractivity contribution in [3.8, 4) is 0 Å². The summed E-state index contributed by atoms with van der Waals surface area (Å²) in [7, 11) is 1.98. The van der Waals surface area contributed by atoms with Gasteiger partial charge in [-0.15, -0.1) is 0 Å². The van der Waals surface area contributed by atoms with Crippen LogP contribution in [0.5, 0.6) is 0 Å². The van der Waals surface area contributed by atoms with Gasteiger partial charge in [0.05, 0.1) is 0 Å². The van der Waals surface area contributed by atoms with Crippen LogP contribution in [0.4, 0.5) is 0 Å². The van der Waals surface area contributed by atoms with Crippen LogP contribution in [-0.2, 0) is 0 Å². The molecular formula is CH4B2S. The van der Waals surface area contributed by atoms with Gasteiger partial charge in [0.25, 0.3) is 0 Å². The molecule has 0 heterocycles. The van der Waals surface area contributed by atoms with Crippen molar-refractivity contribution >= 4 is 31.3 Å². The molecule has 0 aliphatic rings. The molecule has 0 aromatic heterocycles. The Kier molecular flexibility index (Phi) is 3.64. The fraction of sp³-hybridized carbons (Fsp3) is 0. The summed E-state index contributed by atoms with van der Waals surface area (Å²) in [6, 6.07) is 0. The number of hydrogen-bond donors (Lipinski definition) is 0. The summed E-state index contributed by atoms with van der Waals surface area (Å²) in [5.74, 6) is 0. The van der Waals surface area contributed by atoms with E-state index in [4.69, 9.17) is 0 Å². The average molecular weight is 69.7 g/mol. The van der Waals surface area contributed by atoms with E-state index in [0.29, 0.717) is 0 Å². The molecule has 4 heavy (non-hydrogen) atoms. The van der Waals surface area contributed by atoms with E-state index in [1.165, 1.54) is 0 Å². The van der Waals surface area contributed by atoms with Gasteiger partial charge in [0, 0.05) is 0 Å². The van der Waals surface area contributed by atoms with E-state index >= 15 is 0 Å². The van der Waals surface area contributed by atoms with Gasteiger partial charge in [0.15, 0.2) is 0 Å². The molecule has 0 aliphatic carbocycles. The van der Waals surface area contributed by atoms with Crippen molar-refractivity contribution < 1.29 is 0 Å². The molecule has 0 radical (unpaired) electrons. The molecule has 0 amide bonds. The van der Waals surface area contributed by atoms with Crippen molar-refractivity contribution in [3.63, 3.8) is 0 Å². The predicted molar refractivity (Wildman–Crippen MR) is 29.0 cm³/mol.